The number of carbonyl (C=O) groups excluding carboxylic acids is 2. The lowest BCUT2D eigenvalue weighted by Gasteiger charge is -2.34. The minimum atomic E-state index is -3.39. The number of aliphatic hydroxyl groups is 1. The van der Waals surface area contributed by atoms with Crippen molar-refractivity contribution in [2.75, 3.05) is 19.8 Å². The fourth-order valence-electron chi connectivity index (χ4n) is 3.93. The molecule has 2 amide bonds. The Labute approximate surface area is 187 Å². The van der Waals surface area contributed by atoms with Crippen LogP contribution in [0.4, 0.5) is 0 Å². The summed E-state index contributed by atoms with van der Waals surface area (Å²) in [5.41, 5.74) is 0.387. The maximum Gasteiger partial charge on any atom is 0.248 e. The van der Waals surface area contributed by atoms with Crippen molar-refractivity contribution in [3.05, 3.63) is 30.5 Å². The second-order valence-corrected chi connectivity index (χ2v) is 11.2. The van der Waals surface area contributed by atoms with Gasteiger partial charge in [0.25, 0.3) is 0 Å². The van der Waals surface area contributed by atoms with E-state index in [-0.39, 0.29) is 29.7 Å². The van der Waals surface area contributed by atoms with Gasteiger partial charge in [0.05, 0.1) is 17.2 Å². The molecule has 1 fully saturated rings. The third-order valence-corrected chi connectivity index (χ3v) is 6.61. The molecule has 10 nitrogen and oxygen atoms in total. The molecule has 1 aromatic carbocycles. The molecule has 0 spiro atoms. The molecule has 2 aromatic rings. The highest BCUT2D eigenvalue weighted by Crippen LogP contribution is 2.35. The number of hydrogen-bond donors (Lipinski definition) is 2. The van der Waals surface area contributed by atoms with Gasteiger partial charge in [-0.3, -0.25) is 9.59 Å². The Morgan fingerprint density at radius 3 is 2.56 bits per heavy atom. The van der Waals surface area contributed by atoms with Gasteiger partial charge in [0.15, 0.2) is 9.84 Å². The molecule has 11 heteroatoms. The van der Waals surface area contributed by atoms with Crippen LogP contribution in [0.1, 0.15) is 33.2 Å². The minimum Gasteiger partial charge on any atom is -0.391 e. The molecule has 0 unspecified atom stereocenters. The maximum absolute atomic E-state index is 13.6. The Balaban J connectivity index is 1.98. The number of carbonyl (C=O) groups is 2. The van der Waals surface area contributed by atoms with E-state index in [1.54, 1.807) is 18.3 Å². The van der Waals surface area contributed by atoms with Crippen LogP contribution in [0.2, 0.25) is 0 Å². The van der Waals surface area contributed by atoms with Crippen LogP contribution in [0.25, 0.3) is 11.3 Å². The van der Waals surface area contributed by atoms with Gasteiger partial charge in [0.1, 0.15) is 17.8 Å². The smallest absolute Gasteiger partial charge is 0.248 e. The van der Waals surface area contributed by atoms with Crippen molar-refractivity contribution in [3.63, 3.8) is 0 Å². The van der Waals surface area contributed by atoms with E-state index in [1.807, 2.05) is 20.8 Å². The maximum atomic E-state index is 13.6. The molecule has 2 N–H and O–H groups in total. The fraction of sp³-hybridized carbons (Fsp3) is 0.524. The van der Waals surface area contributed by atoms with Crippen molar-refractivity contribution >= 4 is 21.7 Å². The SMILES string of the molecule is CNC(=O)[C@@H]1C[C@@H](O)CN1C(=O)[C@@H](n1cc(-c2cccc(S(C)(=O)=O)c2)nn1)C(C)(C)C. The highest BCUT2D eigenvalue weighted by Gasteiger charge is 2.45. The van der Waals surface area contributed by atoms with Crippen LogP contribution in [-0.4, -0.2) is 77.2 Å². The Kier molecular flexibility index (Phi) is 6.43. The molecule has 2 heterocycles. The predicted octanol–water partition coefficient (Wildman–Crippen LogP) is 0.644. The first-order valence-corrected chi connectivity index (χ1v) is 12.1. The van der Waals surface area contributed by atoms with Crippen molar-refractivity contribution in [2.24, 2.45) is 5.41 Å². The molecule has 174 valence electrons. The summed E-state index contributed by atoms with van der Waals surface area (Å²) in [6.07, 6.45) is 2.11. The van der Waals surface area contributed by atoms with Crippen molar-refractivity contribution in [2.45, 2.75) is 50.3 Å². The molecular weight excluding hydrogens is 434 g/mol. The molecule has 0 saturated carbocycles. The van der Waals surface area contributed by atoms with Gasteiger partial charge in [-0.05, 0) is 17.5 Å². The van der Waals surface area contributed by atoms with Gasteiger partial charge >= 0.3 is 0 Å². The first-order valence-electron chi connectivity index (χ1n) is 10.3. The van der Waals surface area contributed by atoms with Crippen molar-refractivity contribution < 1.29 is 23.1 Å². The van der Waals surface area contributed by atoms with Gasteiger partial charge in [-0.1, -0.05) is 38.1 Å². The Hall–Kier alpha value is -2.79. The Morgan fingerprint density at radius 1 is 1.28 bits per heavy atom. The molecule has 0 radical (unpaired) electrons. The number of nitrogens with zero attached hydrogens (tertiary/aromatic N) is 4. The average molecular weight is 464 g/mol. The Morgan fingerprint density at radius 2 is 1.97 bits per heavy atom. The normalized spacial score (nSPS) is 20.2. The number of rotatable bonds is 5. The number of aliphatic hydroxyl groups excluding tert-OH is 1. The molecule has 0 aliphatic carbocycles. The summed E-state index contributed by atoms with van der Waals surface area (Å²) in [5, 5.41) is 21.0. The van der Waals surface area contributed by atoms with Gasteiger partial charge in [0, 0.05) is 31.8 Å². The van der Waals surface area contributed by atoms with E-state index in [9.17, 15) is 23.1 Å². The monoisotopic (exact) mass is 463 g/mol. The summed E-state index contributed by atoms with van der Waals surface area (Å²) in [6, 6.07) is 4.80. The highest BCUT2D eigenvalue weighted by atomic mass is 32.2. The number of likely N-dealkylation sites (N-methyl/N-ethyl adjacent to an activating group) is 1. The number of β-amino-alcohol motifs (C(OH)–C–C–N with tert-alkyl or cyclic N) is 1. The number of hydrogen-bond acceptors (Lipinski definition) is 7. The lowest BCUT2D eigenvalue weighted by molar-refractivity contribution is -0.144. The quantitative estimate of drug-likeness (QED) is 0.664. The van der Waals surface area contributed by atoms with E-state index < -0.39 is 33.4 Å². The molecule has 32 heavy (non-hydrogen) atoms. The largest absolute Gasteiger partial charge is 0.391 e. The number of nitrogens with one attached hydrogen (secondary N) is 1. The fourth-order valence-corrected chi connectivity index (χ4v) is 4.60. The molecule has 1 saturated heterocycles. The number of likely N-dealkylation sites (tertiary alicyclic amines) is 1. The van der Waals surface area contributed by atoms with Gasteiger partial charge in [-0.2, -0.15) is 0 Å². The summed E-state index contributed by atoms with van der Waals surface area (Å²) in [7, 11) is -1.90. The van der Waals surface area contributed by atoms with Crippen LogP contribution in [0.3, 0.4) is 0 Å². The first kappa shape index (κ1) is 23.9. The number of aromatic nitrogens is 3. The summed E-state index contributed by atoms with van der Waals surface area (Å²) >= 11 is 0. The lowest BCUT2D eigenvalue weighted by atomic mass is 9.85. The predicted molar refractivity (Wildman–Crippen MR) is 117 cm³/mol. The third-order valence-electron chi connectivity index (χ3n) is 5.50. The third kappa shape index (κ3) is 4.83. The molecule has 3 atom stereocenters. The van der Waals surface area contributed by atoms with E-state index in [2.05, 4.69) is 15.6 Å². The van der Waals surface area contributed by atoms with Crippen LogP contribution in [0, 0.1) is 5.41 Å². The van der Waals surface area contributed by atoms with Crippen molar-refractivity contribution in [3.8, 4) is 11.3 Å². The zero-order chi connectivity index (χ0) is 23.8. The average Bonchev–Trinajstić information content (AvgIpc) is 3.33. The van der Waals surface area contributed by atoms with Crippen molar-refractivity contribution in [1.82, 2.24) is 25.2 Å². The van der Waals surface area contributed by atoms with Gasteiger partial charge in [0.2, 0.25) is 11.8 Å². The number of sulfone groups is 1. The summed E-state index contributed by atoms with van der Waals surface area (Å²) in [4.78, 5) is 27.4. The first-order chi connectivity index (χ1) is 14.8. The molecule has 0 bridgehead atoms. The van der Waals surface area contributed by atoms with E-state index in [0.717, 1.165) is 6.26 Å². The number of amides is 2. The van der Waals surface area contributed by atoms with Crippen LogP contribution in [0.15, 0.2) is 35.4 Å². The van der Waals surface area contributed by atoms with Crippen LogP contribution in [-0.2, 0) is 19.4 Å². The van der Waals surface area contributed by atoms with Crippen LogP contribution >= 0.6 is 0 Å². The standard InChI is InChI=1S/C21H29N5O5S/c1-21(2,3)18(20(29)25-11-14(27)10-17(25)19(28)22-4)26-12-16(23-24-26)13-7-6-8-15(9-13)32(5,30)31/h6-9,12,14,17-18,27H,10-11H2,1-5H3,(H,22,28)/t14-,17+,18-/m1/s1. The van der Waals surface area contributed by atoms with Gasteiger partial charge in [-0.15, -0.1) is 5.10 Å². The zero-order valence-corrected chi connectivity index (χ0v) is 19.6. The second kappa shape index (κ2) is 8.62. The minimum absolute atomic E-state index is 0.0570. The van der Waals surface area contributed by atoms with Crippen LogP contribution < -0.4 is 5.32 Å². The summed E-state index contributed by atoms with van der Waals surface area (Å²) < 4.78 is 25.2. The topological polar surface area (TPSA) is 134 Å². The summed E-state index contributed by atoms with van der Waals surface area (Å²) in [5.74, 6) is -0.677. The molecule has 1 aliphatic heterocycles. The lowest BCUT2D eigenvalue weighted by Crippen LogP contribution is -2.49. The van der Waals surface area contributed by atoms with E-state index in [1.165, 1.54) is 28.8 Å². The van der Waals surface area contributed by atoms with E-state index in [4.69, 9.17) is 0 Å². The zero-order valence-electron chi connectivity index (χ0n) is 18.8. The van der Waals surface area contributed by atoms with Gasteiger partial charge < -0.3 is 15.3 Å². The summed E-state index contributed by atoms with van der Waals surface area (Å²) in [6.45, 7) is 5.69. The van der Waals surface area contributed by atoms with E-state index in [0.29, 0.717) is 11.3 Å². The molecule has 1 aliphatic rings. The highest BCUT2D eigenvalue weighted by molar-refractivity contribution is 7.90. The molecular formula is C21H29N5O5S. The number of benzene rings is 1. The van der Waals surface area contributed by atoms with Crippen LogP contribution in [0.5, 0.6) is 0 Å². The Bertz CT molecular complexity index is 1120. The molecule has 1 aromatic heterocycles. The second-order valence-electron chi connectivity index (χ2n) is 9.16. The van der Waals surface area contributed by atoms with E-state index >= 15 is 0 Å². The molecule has 3 rings (SSSR count). The van der Waals surface area contributed by atoms with Gasteiger partial charge in [-0.25, -0.2) is 13.1 Å². The van der Waals surface area contributed by atoms with Crippen molar-refractivity contribution in [1.29, 1.82) is 0 Å².